The maximum absolute atomic E-state index is 13.6. The van der Waals surface area contributed by atoms with Gasteiger partial charge in [-0.15, -0.1) is 10.2 Å². The molecule has 4 aromatic rings. The molecule has 0 unspecified atom stereocenters. The lowest BCUT2D eigenvalue weighted by Crippen LogP contribution is -2.29. The SMILES string of the molecule is CCCCOc1ccc([C@H]2c3c(oc4ccccc4c3=O)C(=O)N2c2nncs2)cc1OCC. The first-order valence-corrected chi connectivity index (χ1v) is 12.1. The normalized spacial score (nSPS) is 15.1. The Morgan fingerprint density at radius 3 is 2.71 bits per heavy atom. The van der Waals surface area contributed by atoms with Gasteiger partial charge in [0, 0.05) is 0 Å². The summed E-state index contributed by atoms with van der Waals surface area (Å²) in [6.07, 6.45) is 1.94. The van der Waals surface area contributed by atoms with Crippen molar-refractivity contribution in [1.82, 2.24) is 10.2 Å². The van der Waals surface area contributed by atoms with Gasteiger partial charge in [0.2, 0.25) is 10.9 Å². The maximum Gasteiger partial charge on any atom is 0.297 e. The van der Waals surface area contributed by atoms with Crippen LogP contribution >= 0.6 is 11.3 Å². The van der Waals surface area contributed by atoms with E-state index in [4.69, 9.17) is 13.9 Å². The van der Waals surface area contributed by atoms with Crippen molar-refractivity contribution in [2.24, 2.45) is 0 Å². The van der Waals surface area contributed by atoms with Gasteiger partial charge in [0.1, 0.15) is 11.1 Å². The van der Waals surface area contributed by atoms with Crippen molar-refractivity contribution >= 4 is 33.3 Å². The van der Waals surface area contributed by atoms with Crippen molar-refractivity contribution in [2.45, 2.75) is 32.7 Å². The number of hydrogen-bond donors (Lipinski definition) is 0. The van der Waals surface area contributed by atoms with Crippen LogP contribution in [0.1, 0.15) is 54.4 Å². The fraction of sp³-hybridized carbons (Fsp3) is 0.280. The highest BCUT2D eigenvalue weighted by atomic mass is 32.1. The fourth-order valence-electron chi connectivity index (χ4n) is 4.11. The standard InChI is InChI=1S/C25H23N3O5S/c1-3-5-12-32-18-11-10-15(13-19(18)31-4-2)21-20-22(29)16-8-6-7-9-17(16)33-23(20)24(30)28(21)25-27-26-14-34-25/h6-11,13-14,21H,3-5,12H2,1-2H3/t21-/m0/s1. The van der Waals surface area contributed by atoms with Gasteiger partial charge in [-0.1, -0.05) is 42.9 Å². The Balaban J connectivity index is 1.69. The minimum Gasteiger partial charge on any atom is -0.490 e. The van der Waals surface area contributed by atoms with Crippen LogP contribution < -0.4 is 19.8 Å². The lowest BCUT2D eigenvalue weighted by atomic mass is 9.98. The molecular formula is C25H23N3O5S. The number of para-hydroxylation sites is 1. The van der Waals surface area contributed by atoms with E-state index in [0.717, 1.165) is 12.8 Å². The Bertz CT molecular complexity index is 1400. The summed E-state index contributed by atoms with van der Waals surface area (Å²) in [7, 11) is 0. The van der Waals surface area contributed by atoms with Gasteiger partial charge in [0.05, 0.1) is 30.2 Å². The molecular weight excluding hydrogens is 454 g/mol. The minimum atomic E-state index is -0.736. The molecule has 0 aliphatic carbocycles. The number of rotatable bonds is 8. The van der Waals surface area contributed by atoms with Gasteiger partial charge in [-0.25, -0.2) is 0 Å². The number of fused-ring (bicyclic) bond motifs is 2. The van der Waals surface area contributed by atoms with E-state index in [0.29, 0.717) is 46.4 Å². The van der Waals surface area contributed by atoms with Crippen LogP contribution in [0.5, 0.6) is 11.5 Å². The Morgan fingerprint density at radius 2 is 1.94 bits per heavy atom. The van der Waals surface area contributed by atoms with Crippen molar-refractivity contribution in [3.63, 3.8) is 0 Å². The molecule has 5 rings (SSSR count). The van der Waals surface area contributed by atoms with Gasteiger partial charge in [-0.3, -0.25) is 14.5 Å². The third-order valence-corrected chi connectivity index (χ3v) is 6.36. The molecule has 0 spiro atoms. The zero-order valence-corrected chi connectivity index (χ0v) is 19.6. The largest absolute Gasteiger partial charge is 0.490 e. The van der Waals surface area contributed by atoms with E-state index in [1.54, 1.807) is 29.8 Å². The third-order valence-electron chi connectivity index (χ3n) is 5.67. The van der Waals surface area contributed by atoms with Gasteiger partial charge in [0.15, 0.2) is 16.9 Å². The molecule has 9 heteroatoms. The molecule has 0 bridgehead atoms. The summed E-state index contributed by atoms with van der Waals surface area (Å²) in [5.74, 6) is 0.766. The zero-order valence-electron chi connectivity index (χ0n) is 18.8. The topological polar surface area (TPSA) is 94.8 Å². The van der Waals surface area contributed by atoms with E-state index in [-0.39, 0.29) is 16.8 Å². The second-order valence-corrected chi connectivity index (χ2v) is 8.62. The number of nitrogens with zero attached hydrogens (tertiary/aromatic N) is 3. The van der Waals surface area contributed by atoms with E-state index >= 15 is 0 Å². The van der Waals surface area contributed by atoms with Crippen LogP contribution in [-0.2, 0) is 0 Å². The molecule has 1 aliphatic heterocycles. The first kappa shape index (κ1) is 22.1. The Kier molecular flexibility index (Phi) is 6.02. The number of carbonyl (C=O) groups is 1. The quantitative estimate of drug-likeness (QED) is 0.331. The molecule has 2 aromatic carbocycles. The minimum absolute atomic E-state index is 0.0186. The molecule has 1 atom stereocenters. The Labute approximate surface area is 199 Å². The van der Waals surface area contributed by atoms with Gasteiger partial charge >= 0.3 is 0 Å². The van der Waals surface area contributed by atoms with Crippen LogP contribution in [-0.4, -0.2) is 29.3 Å². The van der Waals surface area contributed by atoms with Crippen LogP contribution in [0.2, 0.25) is 0 Å². The van der Waals surface area contributed by atoms with Crippen molar-refractivity contribution < 1.29 is 18.7 Å². The first-order chi connectivity index (χ1) is 16.6. The monoisotopic (exact) mass is 477 g/mol. The molecule has 8 nitrogen and oxygen atoms in total. The van der Waals surface area contributed by atoms with Gasteiger partial charge in [0.25, 0.3) is 5.91 Å². The summed E-state index contributed by atoms with van der Waals surface area (Å²) < 4.78 is 17.7. The van der Waals surface area contributed by atoms with E-state index in [1.807, 2.05) is 25.1 Å². The molecule has 2 aromatic heterocycles. The van der Waals surface area contributed by atoms with Crippen LogP contribution in [0, 0.1) is 0 Å². The van der Waals surface area contributed by atoms with Crippen molar-refractivity contribution in [2.75, 3.05) is 18.1 Å². The highest BCUT2D eigenvalue weighted by Crippen LogP contribution is 2.43. The number of aromatic nitrogens is 2. The number of anilines is 1. The first-order valence-electron chi connectivity index (χ1n) is 11.2. The smallest absolute Gasteiger partial charge is 0.297 e. The van der Waals surface area contributed by atoms with Gasteiger partial charge < -0.3 is 13.9 Å². The Hall–Kier alpha value is -3.72. The van der Waals surface area contributed by atoms with E-state index in [1.165, 1.54) is 16.2 Å². The molecule has 0 fully saturated rings. The molecule has 0 saturated carbocycles. The van der Waals surface area contributed by atoms with Crippen LogP contribution in [0.4, 0.5) is 5.13 Å². The van der Waals surface area contributed by atoms with E-state index < -0.39 is 11.9 Å². The third kappa shape index (κ3) is 3.71. The molecule has 1 aliphatic rings. The summed E-state index contributed by atoms with van der Waals surface area (Å²) in [4.78, 5) is 28.6. The van der Waals surface area contributed by atoms with Crippen LogP contribution in [0.3, 0.4) is 0 Å². The molecule has 34 heavy (non-hydrogen) atoms. The highest BCUT2D eigenvalue weighted by Gasteiger charge is 2.45. The summed E-state index contributed by atoms with van der Waals surface area (Å²) in [5, 5.41) is 8.80. The number of unbranched alkanes of at least 4 members (excludes halogenated alkanes) is 1. The lowest BCUT2D eigenvalue weighted by molar-refractivity contribution is 0.0970. The average Bonchev–Trinajstić information content (AvgIpc) is 3.47. The Morgan fingerprint density at radius 1 is 1.09 bits per heavy atom. The second kappa shape index (κ2) is 9.26. The summed E-state index contributed by atoms with van der Waals surface area (Å²) in [5.41, 5.74) is 2.64. The molecule has 1 amide bonds. The molecule has 0 radical (unpaired) electrons. The number of benzene rings is 2. The number of carbonyl (C=O) groups excluding carboxylic acids is 1. The second-order valence-electron chi connectivity index (χ2n) is 7.81. The van der Waals surface area contributed by atoms with Crippen LogP contribution in [0.15, 0.2) is 57.2 Å². The molecule has 0 saturated heterocycles. The summed E-state index contributed by atoms with van der Waals surface area (Å²) in [6, 6.07) is 11.7. The summed E-state index contributed by atoms with van der Waals surface area (Å²) in [6.45, 7) is 5.01. The highest BCUT2D eigenvalue weighted by molar-refractivity contribution is 7.13. The van der Waals surface area contributed by atoms with Crippen molar-refractivity contribution in [3.05, 3.63) is 75.1 Å². The van der Waals surface area contributed by atoms with Crippen molar-refractivity contribution in [3.8, 4) is 11.5 Å². The van der Waals surface area contributed by atoms with E-state index in [9.17, 15) is 9.59 Å². The molecule has 3 heterocycles. The van der Waals surface area contributed by atoms with Crippen LogP contribution in [0.25, 0.3) is 11.0 Å². The zero-order chi connectivity index (χ0) is 23.7. The number of hydrogen-bond acceptors (Lipinski definition) is 8. The fourth-order valence-corrected chi connectivity index (χ4v) is 4.70. The van der Waals surface area contributed by atoms with E-state index in [2.05, 4.69) is 17.1 Å². The van der Waals surface area contributed by atoms with Gasteiger partial charge in [-0.05, 0) is 43.2 Å². The number of ether oxygens (including phenoxy) is 2. The number of amides is 1. The maximum atomic E-state index is 13.6. The van der Waals surface area contributed by atoms with Crippen molar-refractivity contribution in [1.29, 1.82) is 0 Å². The predicted molar refractivity (Wildman–Crippen MR) is 129 cm³/mol. The summed E-state index contributed by atoms with van der Waals surface area (Å²) >= 11 is 1.22. The average molecular weight is 478 g/mol. The molecule has 0 N–H and O–H groups in total. The lowest BCUT2D eigenvalue weighted by Gasteiger charge is -2.23. The van der Waals surface area contributed by atoms with Gasteiger partial charge in [-0.2, -0.15) is 0 Å². The molecule has 174 valence electrons. The predicted octanol–water partition coefficient (Wildman–Crippen LogP) is 4.97.